The second kappa shape index (κ2) is 8.12. The van der Waals surface area contributed by atoms with Gasteiger partial charge in [-0.3, -0.25) is 9.59 Å². The Balaban J connectivity index is 1.69. The first-order valence-electron chi connectivity index (χ1n) is 8.89. The van der Waals surface area contributed by atoms with Gasteiger partial charge in [0.2, 0.25) is 0 Å². The van der Waals surface area contributed by atoms with Gasteiger partial charge < -0.3 is 20.1 Å². The molecule has 3 N–H and O–H groups in total. The van der Waals surface area contributed by atoms with Crippen molar-refractivity contribution < 1.29 is 29.6 Å². The summed E-state index contributed by atoms with van der Waals surface area (Å²) < 4.78 is 5.24. The molecule has 2 aromatic rings. The number of carboxylic acid groups (broad SMARTS) is 1. The van der Waals surface area contributed by atoms with Gasteiger partial charge in [0.1, 0.15) is 11.5 Å². The topological polar surface area (TPSA) is 104 Å². The molecule has 0 saturated carbocycles. The van der Waals surface area contributed by atoms with Crippen LogP contribution in [0.1, 0.15) is 23.1 Å². The van der Waals surface area contributed by atoms with Crippen molar-refractivity contribution in [3.8, 4) is 11.5 Å². The molecule has 3 rings (SSSR count). The summed E-state index contributed by atoms with van der Waals surface area (Å²) >= 11 is 0. The maximum absolute atomic E-state index is 12.2. The largest absolute Gasteiger partial charge is 0.508 e. The number of ether oxygens (including phenoxy) is 1. The summed E-state index contributed by atoms with van der Waals surface area (Å²) in [7, 11) is 0. The highest BCUT2D eigenvalue weighted by molar-refractivity contribution is 5.75. The molecule has 0 unspecified atom stereocenters. The van der Waals surface area contributed by atoms with Gasteiger partial charge in [-0.05, 0) is 54.2 Å². The van der Waals surface area contributed by atoms with Crippen LogP contribution >= 0.6 is 0 Å². The van der Waals surface area contributed by atoms with E-state index < -0.39 is 5.97 Å². The number of rotatable bonds is 7. The maximum Gasteiger partial charge on any atom is 0.309 e. The Hall–Kier alpha value is -3.02. The fraction of sp³-hybridized carbons (Fsp3) is 0.333. The minimum atomic E-state index is -0.915. The van der Waals surface area contributed by atoms with Crippen LogP contribution in [-0.4, -0.2) is 33.9 Å². The molecule has 1 saturated heterocycles. The number of phenols is 2. The number of phenolic OH excluding ortho intramolecular Hbond substituents is 2. The smallest absolute Gasteiger partial charge is 0.309 e. The Morgan fingerprint density at radius 2 is 1.85 bits per heavy atom. The number of hydrogen-bond donors (Lipinski definition) is 3. The first kappa shape index (κ1) is 18.8. The molecule has 1 fully saturated rings. The van der Waals surface area contributed by atoms with Crippen molar-refractivity contribution in [1.29, 1.82) is 0 Å². The van der Waals surface area contributed by atoms with E-state index in [4.69, 9.17) is 9.84 Å². The van der Waals surface area contributed by atoms with Crippen molar-refractivity contribution in [1.82, 2.24) is 0 Å². The molecule has 6 heteroatoms. The molecule has 6 nitrogen and oxygen atoms in total. The van der Waals surface area contributed by atoms with Crippen LogP contribution in [0.15, 0.2) is 42.5 Å². The second-order valence-electron chi connectivity index (χ2n) is 6.93. The molecule has 0 bridgehead atoms. The first-order valence-corrected chi connectivity index (χ1v) is 8.89. The first-order chi connectivity index (χ1) is 12.9. The zero-order valence-electron chi connectivity index (χ0n) is 14.8. The van der Waals surface area contributed by atoms with Crippen molar-refractivity contribution >= 4 is 11.9 Å². The summed E-state index contributed by atoms with van der Waals surface area (Å²) in [6, 6.07) is 12.1. The number of cyclic esters (lactones) is 1. The van der Waals surface area contributed by atoms with E-state index in [1.165, 1.54) is 0 Å². The Morgan fingerprint density at radius 1 is 1.07 bits per heavy atom. The van der Waals surface area contributed by atoms with Gasteiger partial charge in [-0.2, -0.15) is 0 Å². The predicted octanol–water partition coefficient (Wildman–Crippen LogP) is 2.69. The van der Waals surface area contributed by atoms with Gasteiger partial charge in [0.05, 0.1) is 12.5 Å². The lowest BCUT2D eigenvalue weighted by Crippen LogP contribution is -2.20. The van der Waals surface area contributed by atoms with Gasteiger partial charge in [-0.25, -0.2) is 0 Å². The maximum atomic E-state index is 12.2. The molecule has 1 aliphatic rings. The lowest BCUT2D eigenvalue weighted by molar-refractivity contribution is -0.141. The van der Waals surface area contributed by atoms with Gasteiger partial charge in [0.15, 0.2) is 0 Å². The van der Waals surface area contributed by atoms with E-state index in [9.17, 15) is 19.8 Å². The Kier molecular flexibility index (Phi) is 5.64. The highest BCUT2D eigenvalue weighted by Crippen LogP contribution is 2.31. The van der Waals surface area contributed by atoms with Crippen LogP contribution in [0, 0.1) is 11.8 Å². The van der Waals surface area contributed by atoms with Crippen LogP contribution in [0.2, 0.25) is 0 Å². The van der Waals surface area contributed by atoms with E-state index >= 15 is 0 Å². The molecule has 0 aromatic heterocycles. The van der Waals surface area contributed by atoms with Crippen LogP contribution < -0.4 is 0 Å². The zero-order chi connectivity index (χ0) is 19.4. The monoisotopic (exact) mass is 370 g/mol. The summed E-state index contributed by atoms with van der Waals surface area (Å²) in [4.78, 5) is 22.9. The van der Waals surface area contributed by atoms with Crippen molar-refractivity contribution in [3.05, 3.63) is 59.2 Å². The number of aliphatic carboxylic acids is 1. The van der Waals surface area contributed by atoms with Gasteiger partial charge >= 0.3 is 11.9 Å². The van der Waals surface area contributed by atoms with E-state index in [2.05, 4.69) is 0 Å². The van der Waals surface area contributed by atoms with Gasteiger partial charge in [0, 0.05) is 12.3 Å². The molecule has 27 heavy (non-hydrogen) atoms. The number of carbonyl (C=O) groups excluding carboxylic acids is 1. The third-order valence-electron chi connectivity index (χ3n) is 4.93. The summed E-state index contributed by atoms with van der Waals surface area (Å²) in [6.45, 7) is 0.335. The standard InChI is InChI=1S/C21H22O6/c22-17-3-1-2-13(9-17)8-16-12-27-21(26)18(16)10-14-4-5-15(19(23)11-14)6-7-20(24)25/h1-5,9,11,16,18,22-23H,6-8,10,12H2,(H,24,25)/t16-,18+/m0/s1. The van der Waals surface area contributed by atoms with E-state index in [1.807, 2.05) is 12.1 Å². The highest BCUT2D eigenvalue weighted by Gasteiger charge is 2.36. The van der Waals surface area contributed by atoms with E-state index in [-0.39, 0.29) is 42.1 Å². The Labute approximate surface area is 157 Å². The van der Waals surface area contributed by atoms with Crippen LogP contribution in [0.4, 0.5) is 0 Å². The molecule has 2 aromatic carbocycles. The number of benzene rings is 2. The van der Waals surface area contributed by atoms with Crippen molar-refractivity contribution in [2.24, 2.45) is 11.8 Å². The van der Waals surface area contributed by atoms with Crippen LogP contribution in [0.3, 0.4) is 0 Å². The van der Waals surface area contributed by atoms with Crippen LogP contribution in [-0.2, 0) is 33.6 Å². The summed E-state index contributed by atoms with van der Waals surface area (Å²) in [5, 5.41) is 28.5. The van der Waals surface area contributed by atoms with Crippen LogP contribution in [0.25, 0.3) is 0 Å². The SMILES string of the molecule is O=C(O)CCc1ccc(C[C@H]2C(=O)OC[C@@H]2Cc2cccc(O)c2)cc1O. The summed E-state index contributed by atoms with van der Waals surface area (Å²) in [5.74, 6) is -1.26. The molecular formula is C21H22O6. The third-order valence-corrected chi connectivity index (χ3v) is 4.93. The lowest BCUT2D eigenvalue weighted by Gasteiger charge is -2.16. The minimum Gasteiger partial charge on any atom is -0.508 e. The van der Waals surface area contributed by atoms with Crippen molar-refractivity contribution in [2.45, 2.75) is 25.7 Å². The summed E-state index contributed by atoms with van der Waals surface area (Å²) in [5.41, 5.74) is 2.32. The molecule has 0 radical (unpaired) electrons. The lowest BCUT2D eigenvalue weighted by atomic mass is 9.84. The van der Waals surface area contributed by atoms with E-state index in [1.54, 1.807) is 30.3 Å². The number of carbonyl (C=O) groups is 2. The number of hydrogen-bond acceptors (Lipinski definition) is 5. The van der Waals surface area contributed by atoms with Gasteiger partial charge in [0.25, 0.3) is 0 Å². The highest BCUT2D eigenvalue weighted by atomic mass is 16.5. The summed E-state index contributed by atoms with van der Waals surface area (Å²) in [6.07, 6.45) is 1.27. The van der Waals surface area contributed by atoms with E-state index in [0.717, 1.165) is 11.1 Å². The average molecular weight is 370 g/mol. The molecule has 0 aliphatic carbocycles. The fourth-order valence-corrected chi connectivity index (χ4v) is 3.49. The van der Waals surface area contributed by atoms with Gasteiger partial charge in [-0.15, -0.1) is 0 Å². The predicted molar refractivity (Wildman–Crippen MR) is 97.5 cm³/mol. The normalized spacial score (nSPS) is 19.0. The number of aryl methyl sites for hydroxylation is 1. The minimum absolute atomic E-state index is 0.00636. The molecule has 0 amide bonds. The third kappa shape index (κ3) is 4.78. The molecule has 2 atom stereocenters. The Bertz CT molecular complexity index is 844. The molecule has 0 spiro atoms. The quantitative estimate of drug-likeness (QED) is 0.648. The number of carboxylic acids is 1. The number of aromatic hydroxyl groups is 2. The molecule has 142 valence electrons. The second-order valence-corrected chi connectivity index (χ2v) is 6.93. The molecular weight excluding hydrogens is 348 g/mol. The Morgan fingerprint density at radius 3 is 2.56 bits per heavy atom. The average Bonchev–Trinajstić information content (AvgIpc) is 2.94. The fourth-order valence-electron chi connectivity index (χ4n) is 3.49. The van der Waals surface area contributed by atoms with E-state index in [0.29, 0.717) is 25.0 Å². The number of esters is 1. The molecule has 1 aliphatic heterocycles. The molecule has 1 heterocycles. The zero-order valence-corrected chi connectivity index (χ0v) is 14.8. The van der Waals surface area contributed by atoms with Crippen molar-refractivity contribution in [2.75, 3.05) is 6.61 Å². The van der Waals surface area contributed by atoms with Crippen LogP contribution in [0.5, 0.6) is 11.5 Å². The van der Waals surface area contributed by atoms with Crippen molar-refractivity contribution in [3.63, 3.8) is 0 Å². The van der Waals surface area contributed by atoms with Gasteiger partial charge in [-0.1, -0.05) is 24.3 Å².